The summed E-state index contributed by atoms with van der Waals surface area (Å²) in [7, 11) is 0. The molecule has 82 valence electrons. The first-order chi connectivity index (χ1) is 7.10. The third-order valence-corrected chi connectivity index (χ3v) is 2.44. The first-order valence-corrected chi connectivity index (χ1v) is 5.25. The van der Waals surface area contributed by atoms with Crippen molar-refractivity contribution < 1.29 is 8.78 Å². The van der Waals surface area contributed by atoms with Crippen molar-refractivity contribution in [3.8, 4) is 0 Å². The SMILES string of the molecule is CC/C=C(/CC)c1cc(F)c(F)cc1C. The Morgan fingerprint density at radius 3 is 2.33 bits per heavy atom. The molecule has 0 aliphatic carbocycles. The highest BCUT2D eigenvalue weighted by Crippen LogP contribution is 2.24. The summed E-state index contributed by atoms with van der Waals surface area (Å²) >= 11 is 0. The zero-order chi connectivity index (χ0) is 11.4. The molecule has 0 atom stereocenters. The van der Waals surface area contributed by atoms with E-state index in [2.05, 4.69) is 6.08 Å². The number of benzene rings is 1. The second-order valence-electron chi connectivity index (χ2n) is 3.57. The Morgan fingerprint density at radius 2 is 1.80 bits per heavy atom. The van der Waals surface area contributed by atoms with E-state index in [-0.39, 0.29) is 0 Å². The number of rotatable bonds is 3. The molecule has 0 aliphatic heterocycles. The maximum absolute atomic E-state index is 13.1. The van der Waals surface area contributed by atoms with Crippen LogP contribution in [0.4, 0.5) is 8.78 Å². The second kappa shape index (κ2) is 5.06. The number of aryl methyl sites for hydroxylation is 1. The summed E-state index contributed by atoms with van der Waals surface area (Å²) in [6, 6.07) is 2.54. The van der Waals surface area contributed by atoms with Crippen LogP contribution in [0.5, 0.6) is 0 Å². The second-order valence-corrected chi connectivity index (χ2v) is 3.57. The van der Waals surface area contributed by atoms with Gasteiger partial charge in [-0.3, -0.25) is 0 Å². The summed E-state index contributed by atoms with van der Waals surface area (Å²) in [5, 5.41) is 0. The topological polar surface area (TPSA) is 0 Å². The monoisotopic (exact) mass is 210 g/mol. The minimum absolute atomic E-state index is 0.772. The van der Waals surface area contributed by atoms with Gasteiger partial charge in [-0.2, -0.15) is 0 Å². The zero-order valence-electron chi connectivity index (χ0n) is 9.40. The van der Waals surface area contributed by atoms with Gasteiger partial charge in [0.25, 0.3) is 0 Å². The molecule has 0 bridgehead atoms. The van der Waals surface area contributed by atoms with Crippen LogP contribution in [0.1, 0.15) is 37.8 Å². The van der Waals surface area contributed by atoms with Gasteiger partial charge in [0.15, 0.2) is 11.6 Å². The largest absolute Gasteiger partial charge is 0.204 e. The maximum atomic E-state index is 13.1. The molecule has 0 heterocycles. The van der Waals surface area contributed by atoms with Gasteiger partial charge in [-0.05, 0) is 48.6 Å². The summed E-state index contributed by atoms with van der Waals surface area (Å²) in [5.74, 6) is -1.55. The molecule has 0 aliphatic rings. The molecule has 0 nitrogen and oxygen atoms in total. The lowest BCUT2D eigenvalue weighted by Crippen LogP contribution is -1.93. The lowest BCUT2D eigenvalue weighted by atomic mass is 9.97. The highest BCUT2D eigenvalue weighted by atomic mass is 19.2. The smallest absolute Gasteiger partial charge is 0.159 e. The van der Waals surface area contributed by atoms with Crippen LogP contribution in [-0.2, 0) is 0 Å². The predicted octanol–water partition coefficient (Wildman–Crippen LogP) is 4.48. The van der Waals surface area contributed by atoms with Gasteiger partial charge in [0, 0.05) is 0 Å². The van der Waals surface area contributed by atoms with Crippen molar-refractivity contribution in [3.63, 3.8) is 0 Å². The fourth-order valence-electron chi connectivity index (χ4n) is 1.68. The summed E-state index contributed by atoms with van der Waals surface area (Å²) < 4.78 is 26.0. The molecular formula is C13H16F2. The van der Waals surface area contributed by atoms with Crippen molar-refractivity contribution in [1.82, 2.24) is 0 Å². The fourth-order valence-corrected chi connectivity index (χ4v) is 1.68. The van der Waals surface area contributed by atoms with Crippen molar-refractivity contribution in [2.45, 2.75) is 33.6 Å². The van der Waals surface area contributed by atoms with E-state index < -0.39 is 11.6 Å². The Kier molecular flexibility index (Phi) is 4.01. The van der Waals surface area contributed by atoms with Gasteiger partial charge in [0.05, 0.1) is 0 Å². The fraction of sp³-hybridized carbons (Fsp3) is 0.385. The van der Waals surface area contributed by atoms with Crippen molar-refractivity contribution in [1.29, 1.82) is 0 Å². The molecule has 1 rings (SSSR count). The molecule has 0 fully saturated rings. The van der Waals surface area contributed by atoms with Crippen LogP contribution < -0.4 is 0 Å². The minimum atomic E-state index is -0.775. The van der Waals surface area contributed by atoms with Gasteiger partial charge in [-0.25, -0.2) is 8.78 Å². The van der Waals surface area contributed by atoms with Gasteiger partial charge in [0.2, 0.25) is 0 Å². The van der Waals surface area contributed by atoms with Gasteiger partial charge in [-0.15, -0.1) is 0 Å². The van der Waals surface area contributed by atoms with E-state index in [1.807, 2.05) is 13.8 Å². The van der Waals surface area contributed by atoms with E-state index in [9.17, 15) is 8.78 Å². The summed E-state index contributed by atoms with van der Waals surface area (Å²) in [6.07, 6.45) is 3.79. The van der Waals surface area contributed by atoms with Crippen LogP contribution in [0.2, 0.25) is 0 Å². The number of halogens is 2. The average Bonchev–Trinajstić information content (AvgIpc) is 2.20. The lowest BCUT2D eigenvalue weighted by Gasteiger charge is -2.09. The van der Waals surface area contributed by atoms with Crippen LogP contribution in [0, 0.1) is 18.6 Å². The molecule has 0 saturated carbocycles. The summed E-state index contributed by atoms with van der Waals surface area (Å²) in [4.78, 5) is 0. The predicted molar refractivity (Wildman–Crippen MR) is 59.7 cm³/mol. The Balaban J connectivity index is 3.24. The van der Waals surface area contributed by atoms with E-state index in [0.717, 1.165) is 29.5 Å². The molecule has 1 aromatic rings. The number of hydrogen-bond donors (Lipinski definition) is 0. The first-order valence-electron chi connectivity index (χ1n) is 5.25. The molecular weight excluding hydrogens is 194 g/mol. The number of hydrogen-bond acceptors (Lipinski definition) is 0. The lowest BCUT2D eigenvalue weighted by molar-refractivity contribution is 0.507. The Morgan fingerprint density at radius 1 is 1.20 bits per heavy atom. The molecule has 0 N–H and O–H groups in total. The van der Waals surface area contributed by atoms with Gasteiger partial charge >= 0.3 is 0 Å². The van der Waals surface area contributed by atoms with Crippen molar-refractivity contribution in [3.05, 3.63) is 41.0 Å². The average molecular weight is 210 g/mol. The molecule has 0 aromatic heterocycles. The Bertz CT molecular complexity index is 378. The molecule has 0 saturated heterocycles. The van der Waals surface area contributed by atoms with Gasteiger partial charge in [-0.1, -0.05) is 19.9 Å². The van der Waals surface area contributed by atoms with Gasteiger partial charge in [0.1, 0.15) is 0 Å². The van der Waals surface area contributed by atoms with Crippen molar-refractivity contribution in [2.75, 3.05) is 0 Å². The van der Waals surface area contributed by atoms with Crippen LogP contribution >= 0.6 is 0 Å². The molecule has 1 aromatic carbocycles. The summed E-state index contributed by atoms with van der Waals surface area (Å²) in [6.45, 7) is 5.85. The van der Waals surface area contributed by atoms with E-state index in [0.29, 0.717) is 0 Å². The standard InChI is InChI=1S/C13H16F2/c1-4-6-10(5-2)11-8-13(15)12(14)7-9(11)3/h6-8H,4-5H2,1-3H3/b10-6-. The maximum Gasteiger partial charge on any atom is 0.159 e. The third-order valence-electron chi connectivity index (χ3n) is 2.44. The van der Waals surface area contributed by atoms with E-state index in [4.69, 9.17) is 0 Å². The van der Waals surface area contributed by atoms with E-state index in [1.54, 1.807) is 6.92 Å². The van der Waals surface area contributed by atoms with Crippen molar-refractivity contribution >= 4 is 5.57 Å². The summed E-state index contributed by atoms with van der Waals surface area (Å²) in [5.41, 5.74) is 2.68. The Hall–Kier alpha value is -1.18. The van der Waals surface area contributed by atoms with E-state index >= 15 is 0 Å². The first kappa shape index (κ1) is 11.9. The molecule has 0 spiro atoms. The molecule has 0 radical (unpaired) electrons. The van der Waals surface area contributed by atoms with Crippen LogP contribution in [-0.4, -0.2) is 0 Å². The van der Waals surface area contributed by atoms with Gasteiger partial charge < -0.3 is 0 Å². The zero-order valence-corrected chi connectivity index (χ0v) is 9.40. The molecule has 0 unspecified atom stereocenters. The minimum Gasteiger partial charge on any atom is -0.204 e. The normalized spacial score (nSPS) is 11.9. The van der Waals surface area contributed by atoms with Crippen LogP contribution in [0.15, 0.2) is 18.2 Å². The highest BCUT2D eigenvalue weighted by molar-refractivity contribution is 5.68. The molecule has 15 heavy (non-hydrogen) atoms. The number of allylic oxidation sites excluding steroid dienone is 2. The molecule has 2 heteroatoms. The van der Waals surface area contributed by atoms with Crippen LogP contribution in [0.25, 0.3) is 5.57 Å². The quantitative estimate of drug-likeness (QED) is 0.690. The third kappa shape index (κ3) is 2.65. The van der Waals surface area contributed by atoms with E-state index in [1.165, 1.54) is 12.1 Å². The van der Waals surface area contributed by atoms with Crippen molar-refractivity contribution in [2.24, 2.45) is 0 Å². The molecule has 0 amide bonds. The Labute approximate surface area is 89.6 Å². The van der Waals surface area contributed by atoms with Crippen LogP contribution in [0.3, 0.4) is 0 Å². The highest BCUT2D eigenvalue weighted by Gasteiger charge is 2.09.